The Bertz CT molecular complexity index is 643. The minimum absolute atomic E-state index is 0.0283. The zero-order valence-electron chi connectivity index (χ0n) is 16.9. The molecule has 8 nitrogen and oxygen atoms in total. The molecule has 0 unspecified atom stereocenters. The number of quaternary nitrogens is 1. The molecule has 1 amide bonds. The van der Waals surface area contributed by atoms with Crippen molar-refractivity contribution in [3.8, 4) is 11.5 Å². The molecule has 28 heavy (non-hydrogen) atoms. The van der Waals surface area contributed by atoms with Gasteiger partial charge in [0.2, 0.25) is 0 Å². The van der Waals surface area contributed by atoms with Crippen molar-refractivity contribution in [3.63, 3.8) is 0 Å². The van der Waals surface area contributed by atoms with Crippen LogP contribution < -0.4 is 24.6 Å². The highest BCUT2D eigenvalue weighted by atomic mass is 16.5. The first-order valence-corrected chi connectivity index (χ1v) is 10.2. The minimum Gasteiger partial charge on any atom is -0.492 e. The van der Waals surface area contributed by atoms with Crippen molar-refractivity contribution in [1.29, 1.82) is 0 Å². The molecule has 1 aromatic rings. The predicted molar refractivity (Wildman–Crippen MR) is 107 cm³/mol. The standard InChI is InChI=1S/C20H31N3O5/c1-3-27-18-14-17(23-7-11-26-12-8-23)19(28-4-2)13-16(18)21-20(24)15-22-5-9-25-10-6-22/h13-14H,3-12,15H2,1-2H3,(H,21,24)/p+1. The van der Waals surface area contributed by atoms with Crippen LogP contribution in [0.15, 0.2) is 12.1 Å². The summed E-state index contributed by atoms with van der Waals surface area (Å²) in [5.74, 6) is 1.39. The van der Waals surface area contributed by atoms with Gasteiger partial charge in [0.05, 0.1) is 51.0 Å². The van der Waals surface area contributed by atoms with Crippen LogP contribution in [0.4, 0.5) is 11.4 Å². The number of ether oxygens (including phenoxy) is 4. The molecule has 0 saturated carbocycles. The first kappa shape index (κ1) is 20.7. The number of rotatable bonds is 8. The molecular weight excluding hydrogens is 362 g/mol. The molecule has 0 bridgehead atoms. The van der Waals surface area contributed by atoms with Crippen LogP contribution in [0, 0.1) is 0 Å². The molecule has 0 radical (unpaired) electrons. The highest BCUT2D eigenvalue weighted by Crippen LogP contribution is 2.39. The van der Waals surface area contributed by atoms with E-state index in [4.69, 9.17) is 18.9 Å². The Hall–Kier alpha value is -2.03. The summed E-state index contributed by atoms with van der Waals surface area (Å²) >= 11 is 0. The third-order valence-electron chi connectivity index (χ3n) is 4.90. The summed E-state index contributed by atoms with van der Waals surface area (Å²) < 4.78 is 22.5. The average molecular weight is 394 g/mol. The van der Waals surface area contributed by atoms with Gasteiger partial charge < -0.3 is 34.1 Å². The van der Waals surface area contributed by atoms with Gasteiger partial charge in [-0.05, 0) is 13.8 Å². The van der Waals surface area contributed by atoms with Crippen molar-refractivity contribution in [2.24, 2.45) is 0 Å². The lowest BCUT2D eigenvalue weighted by Crippen LogP contribution is -3.15. The van der Waals surface area contributed by atoms with Crippen molar-refractivity contribution < 1.29 is 28.6 Å². The number of carbonyl (C=O) groups excluding carboxylic acids is 1. The van der Waals surface area contributed by atoms with Gasteiger partial charge >= 0.3 is 0 Å². The fraction of sp³-hybridized carbons (Fsp3) is 0.650. The lowest BCUT2D eigenvalue weighted by Gasteiger charge is -2.31. The third-order valence-corrected chi connectivity index (χ3v) is 4.90. The zero-order chi connectivity index (χ0) is 19.8. The Morgan fingerprint density at radius 2 is 1.68 bits per heavy atom. The summed E-state index contributed by atoms with van der Waals surface area (Å²) in [6.45, 7) is 11.5. The first-order chi connectivity index (χ1) is 13.7. The van der Waals surface area contributed by atoms with E-state index in [1.54, 1.807) is 0 Å². The van der Waals surface area contributed by atoms with Gasteiger partial charge in [-0.3, -0.25) is 4.79 Å². The van der Waals surface area contributed by atoms with Crippen molar-refractivity contribution in [1.82, 2.24) is 0 Å². The van der Waals surface area contributed by atoms with E-state index in [0.29, 0.717) is 57.6 Å². The summed E-state index contributed by atoms with van der Waals surface area (Å²) in [4.78, 5) is 16.1. The van der Waals surface area contributed by atoms with E-state index in [2.05, 4.69) is 10.2 Å². The summed E-state index contributed by atoms with van der Waals surface area (Å²) in [5.41, 5.74) is 1.63. The molecule has 2 heterocycles. The largest absolute Gasteiger partial charge is 0.492 e. The summed E-state index contributed by atoms with van der Waals surface area (Å²) in [6, 6.07) is 3.85. The van der Waals surface area contributed by atoms with E-state index in [9.17, 15) is 4.79 Å². The maximum Gasteiger partial charge on any atom is 0.279 e. The number of morpholine rings is 2. The number of nitrogens with zero attached hydrogens (tertiary/aromatic N) is 1. The zero-order valence-corrected chi connectivity index (χ0v) is 16.9. The molecule has 2 aliphatic rings. The van der Waals surface area contributed by atoms with Crippen LogP contribution in [0.5, 0.6) is 11.5 Å². The number of carbonyl (C=O) groups is 1. The monoisotopic (exact) mass is 394 g/mol. The average Bonchev–Trinajstić information content (AvgIpc) is 2.71. The van der Waals surface area contributed by atoms with Gasteiger partial charge in [-0.2, -0.15) is 0 Å². The second kappa shape index (κ2) is 10.5. The molecule has 0 aromatic heterocycles. The van der Waals surface area contributed by atoms with E-state index in [0.717, 1.165) is 37.6 Å². The van der Waals surface area contributed by atoms with Gasteiger partial charge in [-0.25, -0.2) is 0 Å². The van der Waals surface area contributed by atoms with Crippen molar-refractivity contribution in [2.75, 3.05) is 82.6 Å². The second-order valence-electron chi connectivity index (χ2n) is 6.87. The van der Waals surface area contributed by atoms with Gasteiger partial charge in [0, 0.05) is 25.2 Å². The Morgan fingerprint density at radius 1 is 1.04 bits per heavy atom. The molecule has 2 fully saturated rings. The normalized spacial score (nSPS) is 18.0. The number of nitrogens with one attached hydrogen (secondary N) is 2. The molecule has 0 atom stereocenters. The van der Waals surface area contributed by atoms with Crippen molar-refractivity contribution in [2.45, 2.75) is 13.8 Å². The SMILES string of the molecule is CCOc1cc(N2CCOCC2)c(OCC)cc1NC(=O)C[NH+]1CCOCC1. The molecule has 156 valence electrons. The molecule has 0 spiro atoms. The summed E-state index contributed by atoms with van der Waals surface area (Å²) in [6.07, 6.45) is 0. The second-order valence-corrected chi connectivity index (χ2v) is 6.87. The van der Waals surface area contributed by atoms with Crippen LogP contribution in [0.3, 0.4) is 0 Å². The van der Waals surface area contributed by atoms with Crippen LogP contribution in [-0.4, -0.2) is 78.3 Å². The maximum absolute atomic E-state index is 12.6. The molecule has 1 aromatic carbocycles. The van der Waals surface area contributed by atoms with Crippen molar-refractivity contribution >= 4 is 17.3 Å². The van der Waals surface area contributed by atoms with Gasteiger partial charge in [0.1, 0.15) is 24.6 Å². The Kier molecular flexibility index (Phi) is 7.76. The maximum atomic E-state index is 12.6. The summed E-state index contributed by atoms with van der Waals surface area (Å²) in [5, 5.41) is 3.02. The van der Waals surface area contributed by atoms with E-state index in [1.807, 2.05) is 26.0 Å². The van der Waals surface area contributed by atoms with Gasteiger partial charge in [-0.15, -0.1) is 0 Å². The highest BCUT2D eigenvalue weighted by molar-refractivity contribution is 5.94. The predicted octanol–water partition coefficient (Wildman–Crippen LogP) is 0.174. The van der Waals surface area contributed by atoms with Crippen LogP contribution in [0.25, 0.3) is 0 Å². The fourth-order valence-electron chi connectivity index (χ4n) is 3.50. The molecule has 8 heteroatoms. The van der Waals surface area contributed by atoms with Gasteiger partial charge in [-0.1, -0.05) is 0 Å². The molecule has 2 saturated heterocycles. The van der Waals surface area contributed by atoms with Crippen LogP contribution in [0.1, 0.15) is 13.8 Å². The van der Waals surface area contributed by atoms with Gasteiger partial charge in [0.15, 0.2) is 6.54 Å². The Labute approximate surface area is 166 Å². The smallest absolute Gasteiger partial charge is 0.279 e. The Morgan fingerprint density at radius 3 is 2.36 bits per heavy atom. The molecule has 3 rings (SSSR count). The molecule has 2 aliphatic heterocycles. The van der Waals surface area contributed by atoms with E-state index >= 15 is 0 Å². The quantitative estimate of drug-likeness (QED) is 0.655. The lowest BCUT2D eigenvalue weighted by molar-refractivity contribution is -0.899. The number of hydrogen-bond acceptors (Lipinski definition) is 6. The minimum atomic E-state index is -0.0283. The molecule has 0 aliphatic carbocycles. The number of benzene rings is 1. The molecule has 2 N–H and O–H groups in total. The third kappa shape index (κ3) is 5.50. The van der Waals surface area contributed by atoms with Crippen LogP contribution in [-0.2, 0) is 14.3 Å². The van der Waals surface area contributed by atoms with Crippen LogP contribution in [0.2, 0.25) is 0 Å². The summed E-state index contributed by atoms with van der Waals surface area (Å²) in [7, 11) is 0. The number of anilines is 2. The number of amides is 1. The topological polar surface area (TPSA) is 73.7 Å². The van der Waals surface area contributed by atoms with E-state index in [-0.39, 0.29) is 5.91 Å². The van der Waals surface area contributed by atoms with Gasteiger partial charge in [0.25, 0.3) is 5.91 Å². The van der Waals surface area contributed by atoms with E-state index < -0.39 is 0 Å². The Balaban J connectivity index is 1.79. The van der Waals surface area contributed by atoms with Crippen molar-refractivity contribution in [3.05, 3.63) is 12.1 Å². The molecular formula is C20H32N3O5+. The lowest BCUT2D eigenvalue weighted by atomic mass is 10.2. The van der Waals surface area contributed by atoms with Crippen LogP contribution >= 0.6 is 0 Å². The number of hydrogen-bond donors (Lipinski definition) is 2. The van der Waals surface area contributed by atoms with E-state index in [1.165, 1.54) is 4.90 Å². The fourth-order valence-corrected chi connectivity index (χ4v) is 3.50. The highest BCUT2D eigenvalue weighted by Gasteiger charge is 2.22. The first-order valence-electron chi connectivity index (χ1n) is 10.2.